The SMILES string of the molecule is COc1cc(C=NNC(=O)Cc2cccc3ccccc23)ccc1OC(=O)c1cc(OC)c(OC)c(OC)c1. The molecule has 0 aliphatic rings. The number of benzene rings is 4. The van der Waals surface area contributed by atoms with Gasteiger partial charge in [-0.2, -0.15) is 5.10 Å². The Hall–Kier alpha value is -5.05. The molecule has 0 fully saturated rings. The van der Waals surface area contributed by atoms with Crippen molar-refractivity contribution in [2.24, 2.45) is 5.10 Å². The molecule has 0 aliphatic heterocycles. The van der Waals surface area contributed by atoms with Crippen LogP contribution in [0.25, 0.3) is 10.8 Å². The van der Waals surface area contributed by atoms with Gasteiger partial charge in [0.1, 0.15) is 0 Å². The largest absolute Gasteiger partial charge is 0.493 e. The third kappa shape index (κ3) is 6.27. The molecule has 1 amide bonds. The van der Waals surface area contributed by atoms with E-state index < -0.39 is 5.97 Å². The third-order valence-corrected chi connectivity index (χ3v) is 5.92. The number of nitrogens with one attached hydrogen (secondary N) is 1. The molecule has 0 aromatic heterocycles. The molecule has 0 unspecified atom stereocenters. The van der Waals surface area contributed by atoms with E-state index in [2.05, 4.69) is 10.5 Å². The van der Waals surface area contributed by atoms with Crippen molar-refractivity contribution in [2.75, 3.05) is 28.4 Å². The number of nitrogens with zero attached hydrogens (tertiary/aromatic N) is 1. The van der Waals surface area contributed by atoms with Crippen molar-refractivity contribution < 1.29 is 33.3 Å². The first-order valence-electron chi connectivity index (χ1n) is 12.0. The van der Waals surface area contributed by atoms with E-state index in [1.807, 2.05) is 42.5 Å². The molecule has 0 atom stereocenters. The minimum Gasteiger partial charge on any atom is -0.493 e. The van der Waals surface area contributed by atoms with Gasteiger partial charge in [-0.1, -0.05) is 42.5 Å². The van der Waals surface area contributed by atoms with Gasteiger partial charge in [-0.25, -0.2) is 10.2 Å². The molecule has 9 heteroatoms. The normalized spacial score (nSPS) is 10.8. The maximum atomic E-state index is 12.9. The van der Waals surface area contributed by atoms with Crippen molar-refractivity contribution in [2.45, 2.75) is 6.42 Å². The highest BCUT2D eigenvalue weighted by atomic mass is 16.6. The second-order valence-corrected chi connectivity index (χ2v) is 8.32. The molecule has 4 rings (SSSR count). The van der Waals surface area contributed by atoms with Crippen LogP contribution >= 0.6 is 0 Å². The van der Waals surface area contributed by atoms with E-state index in [9.17, 15) is 9.59 Å². The molecule has 0 radical (unpaired) electrons. The second kappa shape index (κ2) is 12.5. The fraction of sp³-hybridized carbons (Fsp3) is 0.167. The predicted molar refractivity (Wildman–Crippen MR) is 147 cm³/mol. The molecule has 0 bridgehead atoms. The van der Waals surface area contributed by atoms with Gasteiger partial charge >= 0.3 is 5.97 Å². The number of hydrazone groups is 1. The number of carbonyl (C=O) groups is 2. The molecule has 1 N–H and O–H groups in total. The highest BCUT2D eigenvalue weighted by Crippen LogP contribution is 2.38. The summed E-state index contributed by atoms with van der Waals surface area (Å²) in [7, 11) is 5.85. The number of hydrogen-bond acceptors (Lipinski definition) is 8. The summed E-state index contributed by atoms with van der Waals surface area (Å²) in [6, 6.07) is 21.7. The van der Waals surface area contributed by atoms with E-state index in [4.69, 9.17) is 23.7 Å². The Morgan fingerprint density at radius 1 is 0.769 bits per heavy atom. The third-order valence-electron chi connectivity index (χ3n) is 5.92. The Morgan fingerprint density at radius 2 is 1.46 bits per heavy atom. The number of amides is 1. The van der Waals surface area contributed by atoms with E-state index in [1.165, 1.54) is 46.8 Å². The van der Waals surface area contributed by atoms with Gasteiger partial charge in [0.05, 0.1) is 46.6 Å². The quantitative estimate of drug-likeness (QED) is 0.137. The van der Waals surface area contributed by atoms with E-state index >= 15 is 0 Å². The molecule has 0 spiro atoms. The van der Waals surface area contributed by atoms with Gasteiger partial charge in [-0.15, -0.1) is 0 Å². The zero-order chi connectivity index (χ0) is 27.8. The van der Waals surface area contributed by atoms with Gasteiger partial charge in [0.2, 0.25) is 11.7 Å². The summed E-state index contributed by atoms with van der Waals surface area (Å²) >= 11 is 0. The minimum atomic E-state index is -0.644. The van der Waals surface area contributed by atoms with Crippen LogP contribution in [0.2, 0.25) is 0 Å². The molecule has 4 aromatic carbocycles. The highest BCUT2D eigenvalue weighted by Gasteiger charge is 2.19. The van der Waals surface area contributed by atoms with Gasteiger partial charge in [0.25, 0.3) is 0 Å². The first-order chi connectivity index (χ1) is 19.0. The lowest BCUT2D eigenvalue weighted by atomic mass is 10.0. The number of fused-ring (bicyclic) bond motifs is 1. The first kappa shape index (κ1) is 27.0. The minimum absolute atomic E-state index is 0.192. The fourth-order valence-corrected chi connectivity index (χ4v) is 4.04. The summed E-state index contributed by atoms with van der Waals surface area (Å²) in [5.74, 6) is 0.631. The van der Waals surface area contributed by atoms with Crippen LogP contribution in [-0.2, 0) is 11.2 Å². The zero-order valence-electron chi connectivity index (χ0n) is 22.0. The predicted octanol–water partition coefficient (Wildman–Crippen LogP) is 4.79. The van der Waals surface area contributed by atoms with Gasteiger partial charge in [-0.05, 0) is 52.2 Å². The molecule has 0 saturated carbocycles. The van der Waals surface area contributed by atoms with Crippen LogP contribution in [0.1, 0.15) is 21.5 Å². The first-order valence-corrected chi connectivity index (χ1v) is 12.0. The fourth-order valence-electron chi connectivity index (χ4n) is 4.04. The van der Waals surface area contributed by atoms with E-state index in [0.717, 1.165) is 16.3 Å². The standard InChI is InChI=1S/C30H28N2O7/c1-35-25-14-19(18-31-32-28(33)17-21-10-7-9-20-8-5-6-11-23(20)21)12-13-24(25)39-30(34)22-15-26(36-2)29(38-4)27(16-22)37-3/h5-16,18H,17H2,1-4H3,(H,32,33). The van der Waals surface area contributed by atoms with Crippen LogP contribution in [-0.4, -0.2) is 46.5 Å². The van der Waals surface area contributed by atoms with E-state index in [-0.39, 0.29) is 23.6 Å². The lowest BCUT2D eigenvalue weighted by molar-refractivity contribution is -0.120. The molecule has 9 nitrogen and oxygen atoms in total. The number of hydrogen-bond donors (Lipinski definition) is 1. The summed E-state index contributed by atoms with van der Waals surface area (Å²) in [6.07, 6.45) is 1.67. The summed E-state index contributed by atoms with van der Waals surface area (Å²) in [5.41, 5.74) is 4.30. The topological polar surface area (TPSA) is 105 Å². The Bertz CT molecular complexity index is 1500. The highest BCUT2D eigenvalue weighted by molar-refractivity contribution is 5.93. The number of methoxy groups -OCH3 is 4. The zero-order valence-corrected chi connectivity index (χ0v) is 22.0. The van der Waals surface area contributed by atoms with Crippen molar-refractivity contribution in [3.63, 3.8) is 0 Å². The van der Waals surface area contributed by atoms with Crippen LogP contribution < -0.4 is 29.1 Å². The smallest absolute Gasteiger partial charge is 0.343 e. The van der Waals surface area contributed by atoms with Gasteiger partial charge in [-0.3, -0.25) is 4.79 Å². The lowest BCUT2D eigenvalue weighted by Gasteiger charge is -2.14. The molecule has 39 heavy (non-hydrogen) atoms. The molecular weight excluding hydrogens is 500 g/mol. The Morgan fingerprint density at radius 3 is 2.15 bits per heavy atom. The van der Waals surface area contributed by atoms with Crippen molar-refractivity contribution in [3.8, 4) is 28.7 Å². The van der Waals surface area contributed by atoms with Crippen LogP contribution in [0.5, 0.6) is 28.7 Å². The molecule has 4 aromatic rings. The van der Waals surface area contributed by atoms with E-state index in [1.54, 1.807) is 18.2 Å². The molecule has 200 valence electrons. The summed E-state index contributed by atoms with van der Waals surface area (Å²) < 4.78 is 26.9. The van der Waals surface area contributed by atoms with Crippen LogP contribution in [0.4, 0.5) is 0 Å². The van der Waals surface area contributed by atoms with Gasteiger partial charge < -0.3 is 23.7 Å². The van der Waals surface area contributed by atoms with Crippen molar-refractivity contribution in [1.29, 1.82) is 0 Å². The van der Waals surface area contributed by atoms with Crippen LogP contribution in [0.15, 0.2) is 77.9 Å². The summed E-state index contributed by atoms with van der Waals surface area (Å²) in [4.78, 5) is 25.4. The lowest BCUT2D eigenvalue weighted by Crippen LogP contribution is -2.19. The molecular formula is C30H28N2O7. The van der Waals surface area contributed by atoms with Crippen LogP contribution in [0, 0.1) is 0 Å². The average molecular weight is 529 g/mol. The summed E-state index contributed by atoms with van der Waals surface area (Å²) in [6.45, 7) is 0. The summed E-state index contributed by atoms with van der Waals surface area (Å²) in [5, 5.41) is 6.16. The molecule has 0 heterocycles. The second-order valence-electron chi connectivity index (χ2n) is 8.32. The maximum Gasteiger partial charge on any atom is 0.343 e. The number of ether oxygens (including phenoxy) is 5. The van der Waals surface area contributed by atoms with Crippen molar-refractivity contribution >= 4 is 28.9 Å². The Labute approximate surface area is 225 Å². The van der Waals surface area contributed by atoms with Gasteiger partial charge in [0, 0.05) is 0 Å². The Kier molecular flexibility index (Phi) is 8.63. The number of carbonyl (C=O) groups excluding carboxylic acids is 2. The van der Waals surface area contributed by atoms with E-state index in [0.29, 0.717) is 28.6 Å². The average Bonchev–Trinajstić information content (AvgIpc) is 2.97. The Balaban J connectivity index is 1.43. The molecule has 0 saturated heterocycles. The monoisotopic (exact) mass is 528 g/mol. The van der Waals surface area contributed by atoms with Gasteiger partial charge in [0.15, 0.2) is 23.0 Å². The van der Waals surface area contributed by atoms with Crippen molar-refractivity contribution in [1.82, 2.24) is 5.43 Å². The van der Waals surface area contributed by atoms with Crippen molar-refractivity contribution in [3.05, 3.63) is 89.5 Å². The molecule has 0 aliphatic carbocycles. The van der Waals surface area contributed by atoms with Crippen LogP contribution in [0.3, 0.4) is 0 Å². The maximum absolute atomic E-state index is 12.9. The number of esters is 1. The number of rotatable bonds is 10.